The van der Waals surface area contributed by atoms with E-state index < -0.39 is 0 Å². The lowest BCUT2D eigenvalue weighted by atomic mass is 9.96. The minimum absolute atomic E-state index is 0.395. The second kappa shape index (κ2) is 7.20. The molecule has 0 saturated heterocycles. The third-order valence-electron chi connectivity index (χ3n) is 3.60. The van der Waals surface area contributed by atoms with Gasteiger partial charge in [0, 0.05) is 17.1 Å². The molecule has 0 radical (unpaired) electrons. The highest BCUT2D eigenvalue weighted by Crippen LogP contribution is 2.27. The second-order valence-electron chi connectivity index (χ2n) is 5.20. The molecule has 106 valence electrons. The molecule has 0 spiro atoms. The van der Waals surface area contributed by atoms with Crippen molar-refractivity contribution in [3.63, 3.8) is 0 Å². The maximum Gasteiger partial charge on any atom is 0.0708 e. The molecule has 1 N–H and O–H groups in total. The Morgan fingerprint density at radius 2 is 2.15 bits per heavy atom. The lowest BCUT2D eigenvalue weighted by molar-refractivity contribution is 0.503. The molecule has 2 heteroatoms. The van der Waals surface area contributed by atoms with Crippen LogP contribution in [0.5, 0.6) is 0 Å². The molecule has 1 heterocycles. The Balaban J connectivity index is 2.38. The average molecular weight is 268 g/mol. The van der Waals surface area contributed by atoms with Gasteiger partial charge in [-0.05, 0) is 50.4 Å². The van der Waals surface area contributed by atoms with Gasteiger partial charge in [-0.1, -0.05) is 31.2 Å². The molecule has 0 aliphatic rings. The van der Waals surface area contributed by atoms with Crippen LogP contribution in [-0.4, -0.2) is 11.5 Å². The van der Waals surface area contributed by atoms with Gasteiger partial charge in [-0.2, -0.15) is 0 Å². The van der Waals surface area contributed by atoms with Crippen LogP contribution in [0.1, 0.15) is 43.5 Å². The van der Waals surface area contributed by atoms with E-state index in [1.54, 1.807) is 0 Å². The van der Waals surface area contributed by atoms with Crippen molar-refractivity contribution in [3.05, 3.63) is 54.2 Å². The highest BCUT2D eigenvalue weighted by molar-refractivity contribution is 5.82. The smallest absolute Gasteiger partial charge is 0.0708 e. The predicted octanol–water partition coefficient (Wildman–Crippen LogP) is 4.55. The van der Waals surface area contributed by atoms with E-state index >= 15 is 0 Å². The van der Waals surface area contributed by atoms with Crippen molar-refractivity contribution in [2.75, 3.05) is 6.54 Å². The zero-order valence-electron chi connectivity index (χ0n) is 12.5. The number of unbranched alkanes of at least 4 members (excludes halogenated alkanes) is 1. The number of nitrogens with one attached hydrogen (secondary N) is 1. The molecule has 0 saturated carbocycles. The first-order valence-electron chi connectivity index (χ1n) is 7.46. The Morgan fingerprint density at radius 3 is 2.90 bits per heavy atom. The summed E-state index contributed by atoms with van der Waals surface area (Å²) >= 11 is 0. The number of hydrogen-bond acceptors (Lipinski definition) is 2. The Bertz CT molecular complexity index is 575. The third-order valence-corrected chi connectivity index (χ3v) is 3.60. The minimum Gasteiger partial charge on any atom is -0.310 e. The Kier molecular flexibility index (Phi) is 5.31. The van der Waals surface area contributed by atoms with Gasteiger partial charge in [0.05, 0.1) is 5.52 Å². The van der Waals surface area contributed by atoms with Crippen molar-refractivity contribution < 1.29 is 0 Å². The number of aromatic nitrogens is 1. The standard InChI is InChI=1S/C18H24N2/c1-4-6-7-11-17(19-5-2)16-13-14(3)20-18-12-9-8-10-15(16)18/h4,8-10,12-13,17,19H,1,5-7,11H2,2-3H3. The molecule has 0 bridgehead atoms. The molecule has 0 aliphatic heterocycles. The fourth-order valence-corrected chi connectivity index (χ4v) is 2.71. The molecular formula is C18H24N2. The normalized spacial score (nSPS) is 12.5. The van der Waals surface area contributed by atoms with Gasteiger partial charge in [-0.15, -0.1) is 6.58 Å². The van der Waals surface area contributed by atoms with Gasteiger partial charge in [0.2, 0.25) is 0 Å². The largest absolute Gasteiger partial charge is 0.310 e. The van der Waals surface area contributed by atoms with E-state index in [0.717, 1.165) is 37.0 Å². The summed E-state index contributed by atoms with van der Waals surface area (Å²) in [5.74, 6) is 0. The zero-order valence-corrected chi connectivity index (χ0v) is 12.5. The van der Waals surface area contributed by atoms with Crippen molar-refractivity contribution in [3.8, 4) is 0 Å². The van der Waals surface area contributed by atoms with Crippen LogP contribution in [0.2, 0.25) is 0 Å². The first-order chi connectivity index (χ1) is 9.76. The van der Waals surface area contributed by atoms with Gasteiger partial charge < -0.3 is 5.32 Å². The topological polar surface area (TPSA) is 24.9 Å². The first kappa shape index (κ1) is 14.7. The molecule has 0 aliphatic carbocycles. The lowest BCUT2D eigenvalue weighted by Gasteiger charge is -2.20. The van der Waals surface area contributed by atoms with E-state index in [2.05, 4.69) is 61.1 Å². The Labute approximate surface area is 121 Å². The number of fused-ring (bicyclic) bond motifs is 1. The van der Waals surface area contributed by atoms with Crippen molar-refractivity contribution >= 4 is 10.9 Å². The van der Waals surface area contributed by atoms with Crippen molar-refractivity contribution in [2.24, 2.45) is 0 Å². The summed E-state index contributed by atoms with van der Waals surface area (Å²) < 4.78 is 0. The maximum absolute atomic E-state index is 4.63. The second-order valence-corrected chi connectivity index (χ2v) is 5.20. The molecule has 20 heavy (non-hydrogen) atoms. The van der Waals surface area contributed by atoms with Gasteiger partial charge in [-0.3, -0.25) is 4.98 Å². The van der Waals surface area contributed by atoms with Crippen molar-refractivity contribution in [1.29, 1.82) is 0 Å². The molecule has 2 nitrogen and oxygen atoms in total. The summed E-state index contributed by atoms with van der Waals surface area (Å²) in [6, 6.07) is 11.0. The predicted molar refractivity (Wildman–Crippen MR) is 86.9 cm³/mol. The minimum atomic E-state index is 0.395. The fourth-order valence-electron chi connectivity index (χ4n) is 2.71. The van der Waals surface area contributed by atoms with Crippen LogP contribution in [-0.2, 0) is 0 Å². The molecule has 1 atom stereocenters. The van der Waals surface area contributed by atoms with Crippen LogP contribution in [0.4, 0.5) is 0 Å². The van der Waals surface area contributed by atoms with Crippen molar-refractivity contribution in [2.45, 2.75) is 39.2 Å². The van der Waals surface area contributed by atoms with E-state index in [1.807, 2.05) is 6.08 Å². The number of aryl methyl sites for hydroxylation is 1. The monoisotopic (exact) mass is 268 g/mol. The van der Waals surface area contributed by atoms with E-state index in [4.69, 9.17) is 0 Å². The van der Waals surface area contributed by atoms with E-state index in [-0.39, 0.29) is 0 Å². The fraction of sp³-hybridized carbons (Fsp3) is 0.389. The van der Waals surface area contributed by atoms with Crippen LogP contribution in [0, 0.1) is 6.92 Å². The molecular weight excluding hydrogens is 244 g/mol. The van der Waals surface area contributed by atoms with E-state index in [9.17, 15) is 0 Å². The first-order valence-corrected chi connectivity index (χ1v) is 7.46. The lowest BCUT2D eigenvalue weighted by Crippen LogP contribution is -2.21. The summed E-state index contributed by atoms with van der Waals surface area (Å²) in [5, 5.41) is 4.88. The highest BCUT2D eigenvalue weighted by Gasteiger charge is 2.14. The number of para-hydroxylation sites is 1. The number of benzene rings is 1. The number of allylic oxidation sites excluding steroid dienone is 1. The number of rotatable bonds is 7. The van der Waals surface area contributed by atoms with Crippen LogP contribution in [0.15, 0.2) is 43.0 Å². The summed E-state index contributed by atoms with van der Waals surface area (Å²) in [4.78, 5) is 4.63. The third kappa shape index (κ3) is 3.45. The summed E-state index contributed by atoms with van der Waals surface area (Å²) in [7, 11) is 0. The number of hydrogen-bond donors (Lipinski definition) is 1. The number of pyridine rings is 1. The Morgan fingerprint density at radius 1 is 1.35 bits per heavy atom. The highest BCUT2D eigenvalue weighted by atomic mass is 14.9. The quantitative estimate of drug-likeness (QED) is 0.588. The van der Waals surface area contributed by atoms with Gasteiger partial charge in [0.25, 0.3) is 0 Å². The van der Waals surface area contributed by atoms with Gasteiger partial charge in [0.1, 0.15) is 0 Å². The van der Waals surface area contributed by atoms with Gasteiger partial charge >= 0.3 is 0 Å². The summed E-state index contributed by atoms with van der Waals surface area (Å²) in [6.07, 6.45) is 5.37. The molecule has 0 fully saturated rings. The van der Waals surface area contributed by atoms with Gasteiger partial charge in [0.15, 0.2) is 0 Å². The summed E-state index contributed by atoms with van der Waals surface area (Å²) in [5.41, 5.74) is 3.55. The average Bonchev–Trinajstić information content (AvgIpc) is 2.45. The molecule has 1 unspecified atom stereocenters. The van der Waals surface area contributed by atoms with Crippen LogP contribution in [0.25, 0.3) is 10.9 Å². The summed E-state index contributed by atoms with van der Waals surface area (Å²) in [6.45, 7) is 9.03. The molecule has 1 aromatic carbocycles. The van der Waals surface area contributed by atoms with Crippen molar-refractivity contribution in [1.82, 2.24) is 10.3 Å². The zero-order chi connectivity index (χ0) is 14.4. The molecule has 1 aromatic heterocycles. The molecule has 2 aromatic rings. The van der Waals surface area contributed by atoms with Gasteiger partial charge in [-0.25, -0.2) is 0 Å². The Hall–Kier alpha value is -1.67. The van der Waals surface area contributed by atoms with E-state index in [0.29, 0.717) is 6.04 Å². The maximum atomic E-state index is 4.63. The van der Waals surface area contributed by atoms with Crippen LogP contribution in [0.3, 0.4) is 0 Å². The SMILES string of the molecule is C=CCCCC(NCC)c1cc(C)nc2ccccc12. The molecule has 2 rings (SSSR count). The van der Waals surface area contributed by atoms with Crippen LogP contribution >= 0.6 is 0 Å². The molecule has 0 amide bonds. The number of nitrogens with zero attached hydrogens (tertiary/aromatic N) is 1. The van der Waals surface area contributed by atoms with E-state index in [1.165, 1.54) is 10.9 Å². The van der Waals surface area contributed by atoms with Crippen LogP contribution < -0.4 is 5.32 Å².